The second-order valence-corrected chi connectivity index (χ2v) is 5.90. The molecule has 0 unspecified atom stereocenters. The molecule has 1 aliphatic carbocycles. The van der Waals surface area contributed by atoms with E-state index in [1.165, 1.54) is 25.6 Å². The lowest BCUT2D eigenvalue weighted by Crippen LogP contribution is -1.98. The predicted molar refractivity (Wildman–Crippen MR) is 98.2 cm³/mol. The number of aromatic amines is 1. The molecule has 0 bridgehead atoms. The van der Waals surface area contributed by atoms with Gasteiger partial charge in [-0.25, -0.2) is 9.97 Å². The summed E-state index contributed by atoms with van der Waals surface area (Å²) in [5.41, 5.74) is 3.18. The molecule has 0 aliphatic heterocycles. The molecule has 1 aliphatic rings. The first kappa shape index (κ1) is 16.1. The van der Waals surface area contributed by atoms with Gasteiger partial charge in [-0.05, 0) is 24.3 Å². The Morgan fingerprint density at radius 2 is 2.04 bits per heavy atom. The maximum absolute atomic E-state index is 10.5. The molecule has 4 heterocycles. The van der Waals surface area contributed by atoms with E-state index in [1.54, 1.807) is 17.7 Å². The Labute approximate surface area is 149 Å². The first-order chi connectivity index (χ1) is 12.8. The molecule has 132 valence electrons. The number of carbonyl (C=O) groups is 1. The standard InChI is InChI=1S/C15H12N6O2.C3H6/c1-23-15-10(3-5-13-17-7-19-21(13)15)11-6-16-14-9(11)2-4-12(20-14)18-8-22;1-2-3-1/h2-8H,1H3,(H2,16,18,20,22);1-3H2. The Morgan fingerprint density at radius 3 is 2.77 bits per heavy atom. The summed E-state index contributed by atoms with van der Waals surface area (Å²) in [6, 6.07) is 7.45. The molecule has 0 saturated heterocycles. The van der Waals surface area contributed by atoms with Gasteiger partial charge in [0.1, 0.15) is 17.8 Å². The van der Waals surface area contributed by atoms with Crippen molar-refractivity contribution >= 4 is 28.9 Å². The number of nitrogens with one attached hydrogen (secondary N) is 2. The number of methoxy groups -OCH3 is 1. The zero-order chi connectivity index (χ0) is 17.9. The Hall–Kier alpha value is -3.42. The Kier molecular flexibility index (Phi) is 4.22. The minimum absolute atomic E-state index is 0.486. The second-order valence-electron chi connectivity index (χ2n) is 5.90. The number of aromatic nitrogens is 5. The quantitative estimate of drug-likeness (QED) is 0.551. The summed E-state index contributed by atoms with van der Waals surface area (Å²) < 4.78 is 7.16. The third-order valence-corrected chi connectivity index (χ3v) is 3.98. The molecular formula is C18H18N6O2. The van der Waals surface area contributed by atoms with E-state index >= 15 is 0 Å². The van der Waals surface area contributed by atoms with E-state index in [4.69, 9.17) is 4.74 Å². The van der Waals surface area contributed by atoms with Gasteiger partial charge in [0.15, 0.2) is 5.65 Å². The number of hydrogen-bond acceptors (Lipinski definition) is 5. The van der Waals surface area contributed by atoms with Crippen LogP contribution in [0, 0.1) is 0 Å². The van der Waals surface area contributed by atoms with Crippen LogP contribution in [0.15, 0.2) is 36.8 Å². The fourth-order valence-electron chi connectivity index (χ4n) is 2.63. The molecule has 0 radical (unpaired) electrons. The minimum atomic E-state index is 0.486. The second kappa shape index (κ2) is 6.83. The summed E-state index contributed by atoms with van der Waals surface area (Å²) in [4.78, 5) is 22.1. The van der Waals surface area contributed by atoms with E-state index in [2.05, 4.69) is 25.4 Å². The van der Waals surface area contributed by atoms with Crippen molar-refractivity contribution < 1.29 is 9.53 Å². The van der Waals surface area contributed by atoms with Gasteiger partial charge in [0.05, 0.1) is 7.11 Å². The topological polar surface area (TPSA) is 97.2 Å². The van der Waals surface area contributed by atoms with Crippen LogP contribution in [0.5, 0.6) is 5.88 Å². The Morgan fingerprint density at radius 1 is 1.19 bits per heavy atom. The van der Waals surface area contributed by atoms with Crippen LogP contribution >= 0.6 is 0 Å². The first-order valence-corrected chi connectivity index (χ1v) is 8.37. The first-order valence-electron chi connectivity index (χ1n) is 8.37. The van der Waals surface area contributed by atoms with E-state index in [-0.39, 0.29) is 0 Å². The van der Waals surface area contributed by atoms with Crippen molar-refractivity contribution in [2.45, 2.75) is 19.3 Å². The molecule has 8 heteroatoms. The van der Waals surface area contributed by atoms with Crippen LogP contribution in [-0.4, -0.2) is 38.1 Å². The molecule has 0 atom stereocenters. The number of H-pyrrole nitrogens is 1. The van der Waals surface area contributed by atoms with Gasteiger partial charge in [-0.3, -0.25) is 4.79 Å². The monoisotopic (exact) mass is 350 g/mol. The number of nitrogens with zero attached hydrogens (tertiary/aromatic N) is 4. The van der Waals surface area contributed by atoms with Crippen LogP contribution in [0.3, 0.4) is 0 Å². The van der Waals surface area contributed by atoms with Crippen molar-refractivity contribution in [2.24, 2.45) is 0 Å². The fraction of sp³-hybridized carbons (Fsp3) is 0.222. The van der Waals surface area contributed by atoms with Gasteiger partial charge in [-0.15, -0.1) is 0 Å². The molecule has 5 rings (SSSR count). The lowest BCUT2D eigenvalue weighted by molar-refractivity contribution is -0.105. The predicted octanol–water partition coefficient (Wildman–Crippen LogP) is 3.02. The normalized spacial score (nSPS) is 12.5. The number of carbonyl (C=O) groups excluding carboxylic acids is 1. The summed E-state index contributed by atoms with van der Waals surface area (Å²) in [6.07, 6.45) is 8.43. The zero-order valence-corrected chi connectivity index (χ0v) is 14.3. The molecule has 4 aromatic rings. The zero-order valence-electron chi connectivity index (χ0n) is 14.3. The van der Waals surface area contributed by atoms with E-state index < -0.39 is 0 Å². The lowest BCUT2D eigenvalue weighted by Gasteiger charge is -2.09. The SMILES string of the molecule is C1CC1.COc1c(-c2c[nH]c3nc(NC=O)ccc23)ccc2ncnn12. The average molecular weight is 350 g/mol. The lowest BCUT2D eigenvalue weighted by atomic mass is 10.1. The van der Waals surface area contributed by atoms with Crippen LogP contribution < -0.4 is 10.1 Å². The highest BCUT2D eigenvalue weighted by atomic mass is 16.5. The van der Waals surface area contributed by atoms with Crippen molar-refractivity contribution in [2.75, 3.05) is 12.4 Å². The highest BCUT2D eigenvalue weighted by molar-refractivity contribution is 5.96. The van der Waals surface area contributed by atoms with Crippen LogP contribution in [0.4, 0.5) is 5.82 Å². The van der Waals surface area contributed by atoms with E-state index in [0.29, 0.717) is 29.4 Å². The van der Waals surface area contributed by atoms with E-state index in [1.807, 2.05) is 24.4 Å². The molecule has 4 aromatic heterocycles. The van der Waals surface area contributed by atoms with Gasteiger partial charge in [0.25, 0.3) is 0 Å². The van der Waals surface area contributed by atoms with E-state index in [9.17, 15) is 4.79 Å². The molecule has 1 amide bonds. The highest BCUT2D eigenvalue weighted by Gasteiger charge is 2.15. The minimum Gasteiger partial charge on any atom is -0.480 e. The maximum Gasteiger partial charge on any atom is 0.224 e. The van der Waals surface area contributed by atoms with Gasteiger partial charge in [-0.1, -0.05) is 19.3 Å². The summed E-state index contributed by atoms with van der Waals surface area (Å²) >= 11 is 0. The fourth-order valence-corrected chi connectivity index (χ4v) is 2.63. The largest absolute Gasteiger partial charge is 0.480 e. The van der Waals surface area contributed by atoms with Crippen LogP contribution in [0.25, 0.3) is 27.8 Å². The maximum atomic E-state index is 10.5. The smallest absolute Gasteiger partial charge is 0.224 e. The third kappa shape index (κ3) is 2.97. The molecule has 2 N–H and O–H groups in total. The average Bonchev–Trinajstić information content (AvgIpc) is 3.37. The number of pyridine rings is 2. The van der Waals surface area contributed by atoms with Crippen molar-refractivity contribution in [3.8, 4) is 17.0 Å². The molecule has 0 aromatic carbocycles. The summed E-state index contributed by atoms with van der Waals surface area (Å²) in [5, 5.41) is 7.63. The molecule has 26 heavy (non-hydrogen) atoms. The van der Waals surface area contributed by atoms with Gasteiger partial charge < -0.3 is 15.0 Å². The number of anilines is 1. The molecule has 1 fully saturated rings. The third-order valence-electron chi connectivity index (χ3n) is 3.98. The Bertz CT molecular complexity index is 1060. The van der Waals surface area contributed by atoms with Gasteiger partial charge >= 0.3 is 0 Å². The number of fused-ring (bicyclic) bond motifs is 2. The van der Waals surface area contributed by atoms with Crippen molar-refractivity contribution in [1.29, 1.82) is 0 Å². The Balaban J connectivity index is 0.000000510. The summed E-state index contributed by atoms with van der Waals surface area (Å²) in [7, 11) is 1.60. The highest BCUT2D eigenvalue weighted by Crippen LogP contribution is 2.35. The molecular weight excluding hydrogens is 332 g/mol. The summed E-state index contributed by atoms with van der Waals surface area (Å²) in [6.45, 7) is 0. The van der Waals surface area contributed by atoms with Gasteiger partial charge in [-0.2, -0.15) is 9.61 Å². The van der Waals surface area contributed by atoms with Crippen molar-refractivity contribution in [1.82, 2.24) is 24.6 Å². The summed E-state index contributed by atoms with van der Waals surface area (Å²) in [5.74, 6) is 1.08. The van der Waals surface area contributed by atoms with Crippen LogP contribution in [-0.2, 0) is 4.79 Å². The van der Waals surface area contributed by atoms with Crippen LogP contribution in [0.1, 0.15) is 19.3 Å². The number of rotatable bonds is 4. The number of ether oxygens (including phenoxy) is 1. The van der Waals surface area contributed by atoms with E-state index in [0.717, 1.165) is 16.5 Å². The molecule has 8 nitrogen and oxygen atoms in total. The van der Waals surface area contributed by atoms with Crippen LogP contribution in [0.2, 0.25) is 0 Å². The van der Waals surface area contributed by atoms with Gasteiger partial charge in [0, 0.05) is 22.7 Å². The van der Waals surface area contributed by atoms with Gasteiger partial charge in [0.2, 0.25) is 12.3 Å². The molecule has 0 spiro atoms. The molecule has 1 saturated carbocycles. The number of amides is 1. The van der Waals surface area contributed by atoms with Crippen molar-refractivity contribution in [3.05, 3.63) is 36.8 Å². The van der Waals surface area contributed by atoms with Crippen molar-refractivity contribution in [3.63, 3.8) is 0 Å². The number of hydrogen-bond donors (Lipinski definition) is 2.